The number of carbonyl (C=O) groups is 1. The van der Waals surface area contributed by atoms with E-state index in [0.717, 1.165) is 10.3 Å². The first-order valence-corrected chi connectivity index (χ1v) is 8.30. The molecule has 1 aromatic heterocycles. The van der Waals surface area contributed by atoms with E-state index in [1.807, 2.05) is 17.0 Å². The number of ketones is 1. The molecule has 0 atom stereocenters. The molecule has 0 aliphatic carbocycles. The van der Waals surface area contributed by atoms with Crippen LogP contribution in [-0.4, -0.2) is 23.9 Å². The van der Waals surface area contributed by atoms with Gasteiger partial charge in [0.2, 0.25) is 0 Å². The normalized spacial score (nSPS) is 15.6. The fraction of sp³-hybridized carbons (Fsp3) is 0.294. The zero-order chi connectivity index (χ0) is 17.3. The summed E-state index contributed by atoms with van der Waals surface area (Å²) < 4.78 is 41.4. The van der Waals surface area contributed by atoms with E-state index in [9.17, 15) is 18.0 Å². The third-order valence-corrected chi connectivity index (χ3v) is 4.62. The fourth-order valence-electron chi connectivity index (χ4n) is 2.91. The van der Waals surface area contributed by atoms with Crippen LogP contribution in [0.1, 0.15) is 23.2 Å². The summed E-state index contributed by atoms with van der Waals surface area (Å²) in [6.45, 7) is 1.13. The van der Waals surface area contributed by atoms with Gasteiger partial charge in [0.25, 0.3) is 0 Å². The Kier molecular flexibility index (Phi) is 4.89. The van der Waals surface area contributed by atoms with Crippen molar-refractivity contribution in [3.63, 3.8) is 0 Å². The van der Waals surface area contributed by atoms with Gasteiger partial charge in [0.1, 0.15) is 23.3 Å². The largest absolute Gasteiger partial charge is 0.357 e. The van der Waals surface area contributed by atoms with Crippen LogP contribution in [0.25, 0.3) is 0 Å². The highest BCUT2D eigenvalue weighted by molar-refractivity contribution is 9.10. The highest BCUT2D eigenvalue weighted by Gasteiger charge is 2.30. The molecule has 0 N–H and O–H groups in total. The van der Waals surface area contributed by atoms with Gasteiger partial charge >= 0.3 is 0 Å². The van der Waals surface area contributed by atoms with Crippen LogP contribution in [0.4, 0.5) is 19.0 Å². The van der Waals surface area contributed by atoms with E-state index in [4.69, 9.17) is 0 Å². The smallest absolute Gasteiger partial charge is 0.171 e. The summed E-state index contributed by atoms with van der Waals surface area (Å²) in [5.74, 6) is -3.61. The molecule has 126 valence electrons. The molecule has 3 nitrogen and oxygen atoms in total. The fourth-order valence-corrected chi connectivity index (χ4v) is 3.14. The van der Waals surface area contributed by atoms with Crippen LogP contribution in [0.2, 0.25) is 0 Å². The number of nitrogens with zero attached hydrogens (tertiary/aromatic N) is 2. The summed E-state index contributed by atoms with van der Waals surface area (Å²) in [6, 6.07) is 4.82. The summed E-state index contributed by atoms with van der Waals surface area (Å²) in [4.78, 5) is 18.7. The maximum atomic E-state index is 13.8. The Labute approximate surface area is 145 Å². The molecule has 2 heterocycles. The SMILES string of the molecule is O=C(c1c(F)cc(F)cc1F)C1CCN(c2ccc(Br)cn2)CC1. The van der Waals surface area contributed by atoms with E-state index in [1.54, 1.807) is 6.20 Å². The molecule has 1 fully saturated rings. The molecule has 0 saturated carbocycles. The first-order valence-electron chi connectivity index (χ1n) is 7.51. The first-order chi connectivity index (χ1) is 11.5. The molecule has 0 radical (unpaired) electrons. The topological polar surface area (TPSA) is 33.2 Å². The Bertz CT molecular complexity index is 736. The van der Waals surface area contributed by atoms with E-state index in [0.29, 0.717) is 38.1 Å². The van der Waals surface area contributed by atoms with Crippen molar-refractivity contribution in [2.75, 3.05) is 18.0 Å². The van der Waals surface area contributed by atoms with E-state index in [2.05, 4.69) is 20.9 Å². The highest BCUT2D eigenvalue weighted by Crippen LogP contribution is 2.27. The molecular formula is C17H14BrF3N2O. The standard InChI is InChI=1S/C17H14BrF3N2O/c18-11-1-2-15(22-9-11)23-5-3-10(4-6-23)17(24)16-13(20)7-12(19)8-14(16)21/h1-2,7-10H,3-6H2. The van der Waals surface area contributed by atoms with Crippen molar-refractivity contribution < 1.29 is 18.0 Å². The number of carbonyl (C=O) groups excluding carboxylic acids is 1. The lowest BCUT2D eigenvalue weighted by molar-refractivity contribution is 0.0891. The molecule has 0 spiro atoms. The zero-order valence-electron chi connectivity index (χ0n) is 12.6. The highest BCUT2D eigenvalue weighted by atomic mass is 79.9. The monoisotopic (exact) mass is 398 g/mol. The minimum atomic E-state index is -1.14. The molecule has 24 heavy (non-hydrogen) atoms. The van der Waals surface area contributed by atoms with Gasteiger partial charge in [-0.1, -0.05) is 0 Å². The van der Waals surface area contributed by atoms with Crippen LogP contribution < -0.4 is 4.90 Å². The van der Waals surface area contributed by atoms with Crippen molar-refractivity contribution in [1.29, 1.82) is 0 Å². The molecule has 2 aromatic rings. The number of rotatable bonds is 3. The molecule has 3 rings (SSSR count). The number of benzene rings is 1. The number of aromatic nitrogens is 1. The van der Waals surface area contributed by atoms with Gasteiger partial charge in [0, 0.05) is 41.8 Å². The van der Waals surface area contributed by atoms with E-state index < -0.39 is 34.7 Å². The Morgan fingerprint density at radius 3 is 2.29 bits per heavy atom. The lowest BCUT2D eigenvalue weighted by Gasteiger charge is -2.32. The average Bonchev–Trinajstić information content (AvgIpc) is 2.54. The molecular weight excluding hydrogens is 385 g/mol. The van der Waals surface area contributed by atoms with Gasteiger partial charge < -0.3 is 4.90 Å². The number of hydrogen-bond acceptors (Lipinski definition) is 3. The van der Waals surface area contributed by atoms with Crippen LogP contribution in [0.3, 0.4) is 0 Å². The molecule has 0 bridgehead atoms. The van der Waals surface area contributed by atoms with Crippen LogP contribution in [0.5, 0.6) is 0 Å². The second-order valence-corrected chi connectivity index (χ2v) is 6.62. The van der Waals surface area contributed by atoms with Crippen molar-refractivity contribution >= 4 is 27.5 Å². The predicted octanol–water partition coefficient (Wildman–Crippen LogP) is 4.36. The third kappa shape index (κ3) is 3.45. The molecule has 1 aliphatic rings. The van der Waals surface area contributed by atoms with Crippen molar-refractivity contribution in [2.24, 2.45) is 5.92 Å². The number of halogens is 4. The predicted molar refractivity (Wildman–Crippen MR) is 87.5 cm³/mol. The summed E-state index contributed by atoms with van der Waals surface area (Å²) in [5.41, 5.74) is -0.642. The molecule has 1 aromatic carbocycles. The molecule has 1 saturated heterocycles. The summed E-state index contributed by atoms with van der Waals surface area (Å²) in [5, 5.41) is 0. The van der Waals surface area contributed by atoms with Crippen LogP contribution in [0.15, 0.2) is 34.9 Å². The number of pyridine rings is 1. The van der Waals surface area contributed by atoms with Crippen molar-refractivity contribution in [1.82, 2.24) is 4.98 Å². The van der Waals surface area contributed by atoms with Gasteiger partial charge in [0.15, 0.2) is 5.78 Å². The Balaban J connectivity index is 1.70. The lowest BCUT2D eigenvalue weighted by Crippen LogP contribution is -2.37. The van der Waals surface area contributed by atoms with Gasteiger partial charge in [-0.3, -0.25) is 4.79 Å². The maximum absolute atomic E-state index is 13.8. The number of anilines is 1. The summed E-state index contributed by atoms with van der Waals surface area (Å²) >= 11 is 3.32. The minimum Gasteiger partial charge on any atom is -0.357 e. The Morgan fingerprint density at radius 2 is 1.75 bits per heavy atom. The van der Waals surface area contributed by atoms with Gasteiger partial charge in [-0.15, -0.1) is 0 Å². The average molecular weight is 399 g/mol. The number of hydrogen-bond donors (Lipinski definition) is 0. The second kappa shape index (κ2) is 6.93. The van der Waals surface area contributed by atoms with Gasteiger partial charge in [0.05, 0.1) is 5.56 Å². The van der Waals surface area contributed by atoms with Crippen molar-refractivity contribution in [3.8, 4) is 0 Å². The van der Waals surface area contributed by atoms with Gasteiger partial charge in [-0.25, -0.2) is 18.2 Å². The van der Waals surface area contributed by atoms with Gasteiger partial charge in [-0.2, -0.15) is 0 Å². The zero-order valence-corrected chi connectivity index (χ0v) is 14.2. The number of Topliss-reactive ketones (excluding diaryl/α,β-unsaturated/α-hetero) is 1. The molecule has 1 aliphatic heterocycles. The van der Waals surface area contributed by atoms with E-state index >= 15 is 0 Å². The van der Waals surface area contributed by atoms with E-state index in [1.165, 1.54) is 0 Å². The van der Waals surface area contributed by atoms with Crippen molar-refractivity contribution in [3.05, 3.63) is 58.0 Å². The van der Waals surface area contributed by atoms with Crippen LogP contribution >= 0.6 is 15.9 Å². The van der Waals surface area contributed by atoms with E-state index in [-0.39, 0.29) is 0 Å². The molecule has 7 heteroatoms. The molecule has 0 unspecified atom stereocenters. The van der Waals surface area contributed by atoms with Crippen LogP contribution in [0, 0.1) is 23.4 Å². The lowest BCUT2D eigenvalue weighted by atomic mass is 9.88. The number of piperidine rings is 1. The Hall–Kier alpha value is -1.89. The summed E-state index contributed by atoms with van der Waals surface area (Å²) in [6.07, 6.45) is 2.62. The van der Waals surface area contributed by atoms with Crippen molar-refractivity contribution in [2.45, 2.75) is 12.8 Å². The minimum absolute atomic E-state index is 0.465. The molecule has 0 amide bonds. The van der Waals surface area contributed by atoms with Crippen LogP contribution in [-0.2, 0) is 0 Å². The first kappa shape index (κ1) is 17.0. The quantitative estimate of drug-likeness (QED) is 0.720. The maximum Gasteiger partial charge on any atom is 0.171 e. The third-order valence-electron chi connectivity index (χ3n) is 4.15. The van der Waals surface area contributed by atoms with Gasteiger partial charge in [-0.05, 0) is 40.9 Å². The second-order valence-electron chi connectivity index (χ2n) is 5.70. The summed E-state index contributed by atoms with van der Waals surface area (Å²) in [7, 11) is 0. The Morgan fingerprint density at radius 1 is 1.12 bits per heavy atom.